The quantitative estimate of drug-likeness (QED) is 0.671. The Morgan fingerprint density at radius 3 is 2.10 bits per heavy atom. The van der Waals surface area contributed by atoms with Gasteiger partial charge in [-0.25, -0.2) is 0 Å². The first-order chi connectivity index (χ1) is 13.9. The second kappa shape index (κ2) is 9.06. The summed E-state index contributed by atoms with van der Waals surface area (Å²) < 4.78 is 79.3. The number of likely N-dealkylation sites (N-methyl/N-ethyl adjacent to an activating group) is 1. The van der Waals surface area contributed by atoms with Gasteiger partial charge < -0.3 is 15.0 Å². The lowest BCUT2D eigenvalue weighted by molar-refractivity contribution is -0.274. The lowest BCUT2D eigenvalue weighted by Crippen LogP contribution is -2.38. The van der Waals surface area contributed by atoms with Gasteiger partial charge in [0.15, 0.2) is 0 Å². The number of hydrogen-bond acceptors (Lipinski definition) is 3. The SMILES string of the molecule is CCN(CC(=O)Nc1ccccc1C(F)(F)F)C(=O)c1ccc(OC(F)(F)F)cc1. The molecule has 0 saturated carbocycles. The molecule has 1 N–H and O–H groups in total. The van der Waals surface area contributed by atoms with Crippen LogP contribution in [0.5, 0.6) is 5.75 Å². The van der Waals surface area contributed by atoms with Crippen LogP contribution in [0.1, 0.15) is 22.8 Å². The maximum atomic E-state index is 13.0. The van der Waals surface area contributed by atoms with Gasteiger partial charge in [-0.3, -0.25) is 9.59 Å². The number of para-hydroxylation sites is 1. The molecule has 2 rings (SSSR count). The van der Waals surface area contributed by atoms with Gasteiger partial charge >= 0.3 is 12.5 Å². The van der Waals surface area contributed by atoms with Gasteiger partial charge in [-0.05, 0) is 43.3 Å². The molecule has 30 heavy (non-hydrogen) atoms. The molecule has 0 spiro atoms. The minimum absolute atomic E-state index is 0.0186. The zero-order valence-electron chi connectivity index (χ0n) is 15.5. The van der Waals surface area contributed by atoms with Crippen LogP contribution in [0.4, 0.5) is 32.0 Å². The molecular formula is C19H16F6N2O3. The molecule has 0 saturated heterocycles. The molecule has 0 fully saturated rings. The number of ether oxygens (including phenoxy) is 1. The van der Waals surface area contributed by atoms with Crippen LogP contribution in [0, 0.1) is 0 Å². The maximum Gasteiger partial charge on any atom is 0.573 e. The molecule has 162 valence electrons. The highest BCUT2D eigenvalue weighted by Crippen LogP contribution is 2.34. The fourth-order valence-electron chi connectivity index (χ4n) is 2.51. The smallest absolute Gasteiger partial charge is 0.406 e. The van der Waals surface area contributed by atoms with Gasteiger partial charge in [0.05, 0.1) is 11.3 Å². The zero-order chi connectivity index (χ0) is 22.5. The normalized spacial score (nSPS) is 11.7. The predicted octanol–water partition coefficient (Wildman–Crippen LogP) is 4.70. The largest absolute Gasteiger partial charge is 0.573 e. The minimum Gasteiger partial charge on any atom is -0.406 e. The lowest BCUT2D eigenvalue weighted by atomic mass is 10.1. The first kappa shape index (κ1) is 23.0. The van der Waals surface area contributed by atoms with Crippen molar-refractivity contribution in [2.75, 3.05) is 18.4 Å². The van der Waals surface area contributed by atoms with Crippen LogP contribution >= 0.6 is 0 Å². The second-order valence-corrected chi connectivity index (χ2v) is 5.98. The van der Waals surface area contributed by atoms with Crippen LogP contribution in [-0.4, -0.2) is 36.2 Å². The number of benzene rings is 2. The van der Waals surface area contributed by atoms with Crippen LogP contribution in [0.15, 0.2) is 48.5 Å². The van der Waals surface area contributed by atoms with Gasteiger partial charge in [0.2, 0.25) is 5.91 Å². The Labute approximate surface area is 167 Å². The fraction of sp³-hybridized carbons (Fsp3) is 0.263. The molecule has 0 aromatic heterocycles. The summed E-state index contributed by atoms with van der Waals surface area (Å²) in [5.41, 5.74) is -1.50. The van der Waals surface area contributed by atoms with E-state index in [0.29, 0.717) is 0 Å². The summed E-state index contributed by atoms with van der Waals surface area (Å²) in [6.07, 6.45) is -9.56. The highest BCUT2D eigenvalue weighted by molar-refractivity contribution is 5.99. The number of amides is 2. The molecule has 2 aromatic carbocycles. The van der Waals surface area contributed by atoms with E-state index < -0.39 is 47.9 Å². The number of nitrogens with zero attached hydrogens (tertiary/aromatic N) is 1. The number of alkyl halides is 6. The number of anilines is 1. The van der Waals surface area contributed by atoms with Crippen LogP contribution in [-0.2, 0) is 11.0 Å². The molecule has 0 bridgehead atoms. The maximum absolute atomic E-state index is 13.0. The minimum atomic E-state index is -4.88. The van der Waals surface area contributed by atoms with Gasteiger partial charge in [0.25, 0.3) is 5.91 Å². The van der Waals surface area contributed by atoms with Crippen LogP contribution in [0.2, 0.25) is 0 Å². The van der Waals surface area contributed by atoms with E-state index in [1.165, 1.54) is 19.1 Å². The van der Waals surface area contributed by atoms with Crippen molar-refractivity contribution in [1.29, 1.82) is 0 Å². The van der Waals surface area contributed by atoms with Crippen LogP contribution in [0.3, 0.4) is 0 Å². The summed E-state index contributed by atoms with van der Waals surface area (Å²) in [7, 11) is 0. The monoisotopic (exact) mass is 434 g/mol. The average Bonchev–Trinajstić information content (AvgIpc) is 2.64. The molecule has 5 nitrogen and oxygen atoms in total. The van der Waals surface area contributed by atoms with E-state index in [1.807, 2.05) is 0 Å². The lowest BCUT2D eigenvalue weighted by Gasteiger charge is -2.21. The van der Waals surface area contributed by atoms with E-state index in [4.69, 9.17) is 0 Å². The number of halogens is 6. The van der Waals surface area contributed by atoms with E-state index in [9.17, 15) is 35.9 Å². The van der Waals surface area contributed by atoms with Crippen LogP contribution < -0.4 is 10.1 Å². The van der Waals surface area contributed by atoms with Gasteiger partial charge in [0, 0.05) is 12.1 Å². The molecular weight excluding hydrogens is 418 g/mol. The second-order valence-electron chi connectivity index (χ2n) is 5.98. The zero-order valence-corrected chi connectivity index (χ0v) is 15.5. The Morgan fingerprint density at radius 1 is 0.967 bits per heavy atom. The molecule has 0 aliphatic carbocycles. The third-order valence-electron chi connectivity index (χ3n) is 3.84. The van der Waals surface area contributed by atoms with E-state index in [-0.39, 0.29) is 12.1 Å². The number of hydrogen-bond donors (Lipinski definition) is 1. The molecule has 0 radical (unpaired) electrons. The number of rotatable bonds is 6. The van der Waals surface area contributed by atoms with Gasteiger partial charge in [-0.1, -0.05) is 12.1 Å². The molecule has 0 atom stereocenters. The highest BCUT2D eigenvalue weighted by Gasteiger charge is 2.34. The fourth-order valence-corrected chi connectivity index (χ4v) is 2.51. The highest BCUT2D eigenvalue weighted by atomic mass is 19.4. The molecule has 11 heteroatoms. The Hall–Kier alpha value is -3.24. The van der Waals surface area contributed by atoms with E-state index in [0.717, 1.165) is 41.3 Å². The standard InChI is InChI=1S/C19H16F6N2O3/c1-2-27(17(29)12-7-9-13(10-8-12)30-19(23,24)25)11-16(28)26-15-6-4-3-5-14(15)18(20,21)22/h3-10H,2,11H2,1H3,(H,26,28). The van der Waals surface area contributed by atoms with Gasteiger partial charge in [-0.2, -0.15) is 13.2 Å². The van der Waals surface area contributed by atoms with Gasteiger partial charge in [0.1, 0.15) is 12.3 Å². The summed E-state index contributed by atoms with van der Waals surface area (Å²) in [6, 6.07) is 8.43. The van der Waals surface area contributed by atoms with E-state index >= 15 is 0 Å². The molecule has 2 amide bonds. The third kappa shape index (κ3) is 6.39. The van der Waals surface area contributed by atoms with Crippen molar-refractivity contribution in [1.82, 2.24) is 4.90 Å². The Bertz CT molecular complexity index is 894. The Balaban J connectivity index is 2.08. The number of carbonyl (C=O) groups is 2. The summed E-state index contributed by atoms with van der Waals surface area (Å²) in [5.74, 6) is -2.07. The summed E-state index contributed by atoms with van der Waals surface area (Å²) in [6.45, 7) is 1.02. The van der Waals surface area contributed by atoms with Crippen molar-refractivity contribution in [3.63, 3.8) is 0 Å². The van der Waals surface area contributed by atoms with Crippen LogP contribution in [0.25, 0.3) is 0 Å². The predicted molar refractivity (Wildman–Crippen MR) is 94.8 cm³/mol. The van der Waals surface area contributed by atoms with E-state index in [2.05, 4.69) is 10.1 Å². The van der Waals surface area contributed by atoms with Crippen molar-refractivity contribution < 1.29 is 40.7 Å². The summed E-state index contributed by atoms with van der Waals surface area (Å²) in [4.78, 5) is 25.7. The third-order valence-corrected chi connectivity index (χ3v) is 3.84. The van der Waals surface area contributed by atoms with Gasteiger partial charge in [-0.15, -0.1) is 13.2 Å². The molecule has 2 aromatic rings. The summed E-state index contributed by atoms with van der Waals surface area (Å²) >= 11 is 0. The summed E-state index contributed by atoms with van der Waals surface area (Å²) in [5, 5.41) is 2.13. The van der Waals surface area contributed by atoms with E-state index in [1.54, 1.807) is 0 Å². The topological polar surface area (TPSA) is 58.6 Å². The molecule has 0 aliphatic heterocycles. The number of carbonyl (C=O) groups excluding carboxylic acids is 2. The molecule has 0 heterocycles. The number of nitrogens with one attached hydrogen (secondary N) is 1. The first-order valence-electron chi connectivity index (χ1n) is 8.52. The average molecular weight is 434 g/mol. The van der Waals surface area contributed by atoms with Crippen molar-refractivity contribution in [2.45, 2.75) is 19.5 Å². The van der Waals surface area contributed by atoms with Crippen molar-refractivity contribution in [3.8, 4) is 5.75 Å². The molecule has 0 aliphatic rings. The Morgan fingerprint density at radius 2 is 1.57 bits per heavy atom. The van der Waals surface area contributed by atoms with Crippen molar-refractivity contribution >= 4 is 17.5 Å². The Kier molecular flexibility index (Phi) is 6.96. The first-order valence-corrected chi connectivity index (χ1v) is 8.52. The molecule has 0 unspecified atom stereocenters. The van der Waals surface area contributed by atoms with Crippen molar-refractivity contribution in [3.05, 3.63) is 59.7 Å². The van der Waals surface area contributed by atoms with Crippen molar-refractivity contribution in [2.24, 2.45) is 0 Å².